The highest BCUT2D eigenvalue weighted by Gasteiger charge is 2.11. The van der Waals surface area contributed by atoms with E-state index in [-0.39, 0.29) is 18.3 Å². The summed E-state index contributed by atoms with van der Waals surface area (Å²) in [6.45, 7) is -0.0602. The Morgan fingerprint density at radius 2 is 1.88 bits per heavy atom. The van der Waals surface area contributed by atoms with E-state index in [4.69, 9.17) is 9.47 Å². The molecule has 0 heterocycles. The molecule has 0 atom stereocenters. The predicted molar refractivity (Wildman–Crippen MR) is 95.9 cm³/mol. The summed E-state index contributed by atoms with van der Waals surface area (Å²) >= 11 is 0. The lowest BCUT2D eigenvalue weighted by Gasteiger charge is -2.16. The number of ether oxygens (including phenoxy) is 2. The van der Waals surface area contributed by atoms with Crippen LogP contribution in [-0.4, -0.2) is 37.5 Å². The number of halogens is 1. The van der Waals surface area contributed by atoms with E-state index in [2.05, 4.69) is 0 Å². The Balaban J connectivity index is 1.81. The first-order valence-electron chi connectivity index (χ1n) is 7.95. The van der Waals surface area contributed by atoms with Crippen molar-refractivity contribution in [1.29, 1.82) is 0 Å². The number of rotatable bonds is 7. The average Bonchev–Trinajstić information content (AvgIpc) is 2.66. The van der Waals surface area contributed by atoms with Gasteiger partial charge in [-0.3, -0.25) is 4.79 Å². The van der Waals surface area contributed by atoms with Gasteiger partial charge in [0.2, 0.25) is 0 Å². The molecule has 0 N–H and O–H groups in total. The summed E-state index contributed by atoms with van der Waals surface area (Å²) in [5, 5.41) is 0. The number of hydrogen-bond donors (Lipinski definition) is 0. The number of carbonyl (C=O) groups is 2. The van der Waals surface area contributed by atoms with Gasteiger partial charge in [0.15, 0.2) is 6.61 Å². The summed E-state index contributed by atoms with van der Waals surface area (Å²) in [6.07, 6.45) is 2.83. The average molecular weight is 357 g/mol. The van der Waals surface area contributed by atoms with Crippen molar-refractivity contribution < 1.29 is 23.5 Å². The highest BCUT2D eigenvalue weighted by molar-refractivity contribution is 5.89. The topological polar surface area (TPSA) is 55.8 Å². The van der Waals surface area contributed by atoms with Gasteiger partial charge in [-0.05, 0) is 41.5 Å². The number of amides is 1. The number of methoxy groups -OCH3 is 1. The van der Waals surface area contributed by atoms with E-state index in [1.165, 1.54) is 23.1 Å². The van der Waals surface area contributed by atoms with Crippen LogP contribution in [0.15, 0.2) is 54.6 Å². The van der Waals surface area contributed by atoms with Crippen LogP contribution in [0.2, 0.25) is 0 Å². The standard InChI is InChI=1S/C20H20FNO4/c1-22(13-16-6-9-17(21)10-7-16)19(23)14-26-20(24)11-8-15-4-3-5-18(12-15)25-2/h3-12H,13-14H2,1-2H3/b11-8+. The van der Waals surface area contributed by atoms with E-state index in [9.17, 15) is 14.0 Å². The molecule has 0 spiro atoms. The molecule has 1 amide bonds. The van der Waals surface area contributed by atoms with Crippen LogP contribution in [0.4, 0.5) is 4.39 Å². The van der Waals surface area contributed by atoms with Crippen molar-refractivity contribution in [1.82, 2.24) is 4.90 Å². The predicted octanol–water partition coefficient (Wildman–Crippen LogP) is 3.05. The zero-order valence-electron chi connectivity index (χ0n) is 14.6. The van der Waals surface area contributed by atoms with Gasteiger partial charge in [-0.25, -0.2) is 9.18 Å². The Hall–Kier alpha value is -3.15. The molecule has 136 valence electrons. The van der Waals surface area contributed by atoms with Crippen LogP contribution in [0.5, 0.6) is 5.75 Å². The fraction of sp³-hybridized carbons (Fsp3) is 0.200. The van der Waals surface area contributed by atoms with Gasteiger partial charge in [0.25, 0.3) is 5.91 Å². The highest BCUT2D eigenvalue weighted by Crippen LogP contribution is 2.13. The zero-order chi connectivity index (χ0) is 18.9. The first kappa shape index (κ1) is 19.2. The second-order valence-electron chi connectivity index (χ2n) is 5.59. The smallest absolute Gasteiger partial charge is 0.331 e. The number of nitrogens with zero attached hydrogens (tertiary/aromatic N) is 1. The summed E-state index contributed by atoms with van der Waals surface area (Å²) < 4.78 is 22.9. The minimum atomic E-state index is -0.614. The van der Waals surface area contributed by atoms with Gasteiger partial charge in [0.1, 0.15) is 11.6 Å². The fourth-order valence-electron chi connectivity index (χ4n) is 2.15. The van der Waals surface area contributed by atoms with Gasteiger partial charge in [-0.1, -0.05) is 24.3 Å². The zero-order valence-corrected chi connectivity index (χ0v) is 14.6. The summed E-state index contributed by atoms with van der Waals surface area (Å²) in [4.78, 5) is 25.2. The number of hydrogen-bond acceptors (Lipinski definition) is 4. The maximum Gasteiger partial charge on any atom is 0.331 e. The molecular weight excluding hydrogens is 337 g/mol. The molecule has 6 heteroatoms. The van der Waals surface area contributed by atoms with Crippen LogP contribution < -0.4 is 4.74 Å². The van der Waals surface area contributed by atoms with E-state index >= 15 is 0 Å². The molecule has 26 heavy (non-hydrogen) atoms. The normalized spacial score (nSPS) is 10.6. The van der Waals surface area contributed by atoms with Gasteiger partial charge < -0.3 is 14.4 Å². The number of benzene rings is 2. The maximum absolute atomic E-state index is 12.9. The van der Waals surface area contributed by atoms with Crippen LogP contribution in [0.3, 0.4) is 0 Å². The Labute approximate surface area is 151 Å². The Bertz CT molecular complexity index is 787. The van der Waals surface area contributed by atoms with E-state index in [0.717, 1.165) is 11.1 Å². The molecule has 2 aromatic carbocycles. The largest absolute Gasteiger partial charge is 0.497 e. The monoisotopic (exact) mass is 357 g/mol. The molecule has 5 nitrogen and oxygen atoms in total. The van der Waals surface area contributed by atoms with Gasteiger partial charge in [0, 0.05) is 19.7 Å². The van der Waals surface area contributed by atoms with Crippen molar-refractivity contribution in [3.05, 3.63) is 71.6 Å². The van der Waals surface area contributed by atoms with Crippen molar-refractivity contribution in [2.24, 2.45) is 0 Å². The molecule has 0 saturated carbocycles. The van der Waals surface area contributed by atoms with Crippen LogP contribution in [0.25, 0.3) is 6.08 Å². The molecule has 2 rings (SSSR count). The van der Waals surface area contributed by atoms with Gasteiger partial charge in [-0.15, -0.1) is 0 Å². The number of likely N-dealkylation sites (N-methyl/N-ethyl adjacent to an activating group) is 1. The van der Waals surface area contributed by atoms with Gasteiger partial charge in [0.05, 0.1) is 7.11 Å². The van der Waals surface area contributed by atoms with Crippen molar-refractivity contribution in [3.63, 3.8) is 0 Å². The molecule has 0 aliphatic rings. The molecule has 0 radical (unpaired) electrons. The van der Waals surface area contributed by atoms with E-state index in [1.807, 2.05) is 6.07 Å². The Morgan fingerprint density at radius 1 is 1.15 bits per heavy atom. The number of carbonyl (C=O) groups excluding carboxylic acids is 2. The van der Waals surface area contributed by atoms with Crippen LogP contribution in [0, 0.1) is 5.82 Å². The van der Waals surface area contributed by atoms with Gasteiger partial charge in [-0.2, -0.15) is 0 Å². The SMILES string of the molecule is COc1cccc(/C=C/C(=O)OCC(=O)N(C)Cc2ccc(F)cc2)c1. The lowest BCUT2D eigenvalue weighted by molar-refractivity contribution is -0.147. The summed E-state index contributed by atoms with van der Waals surface area (Å²) in [5.41, 5.74) is 1.56. The number of esters is 1. The highest BCUT2D eigenvalue weighted by atomic mass is 19.1. The summed E-state index contributed by atoms with van der Waals surface area (Å²) in [6, 6.07) is 13.0. The van der Waals surface area contributed by atoms with E-state index in [0.29, 0.717) is 12.3 Å². The third-order valence-electron chi connectivity index (χ3n) is 3.60. The fourth-order valence-corrected chi connectivity index (χ4v) is 2.15. The molecule has 2 aromatic rings. The van der Waals surface area contributed by atoms with Crippen LogP contribution in [-0.2, 0) is 20.9 Å². The second kappa shape index (κ2) is 9.36. The summed E-state index contributed by atoms with van der Waals surface area (Å²) in [7, 11) is 3.15. The van der Waals surface area contributed by atoms with E-state index in [1.54, 1.807) is 50.6 Å². The minimum Gasteiger partial charge on any atom is -0.497 e. The molecule has 0 aliphatic heterocycles. The molecule has 0 aliphatic carbocycles. The molecule has 0 unspecified atom stereocenters. The Kier molecular flexibility index (Phi) is 6.91. The molecular formula is C20H20FNO4. The lowest BCUT2D eigenvalue weighted by atomic mass is 10.2. The molecule has 0 bridgehead atoms. The summed E-state index contributed by atoms with van der Waals surface area (Å²) in [5.74, 6) is -0.619. The van der Waals surface area contributed by atoms with Crippen molar-refractivity contribution >= 4 is 18.0 Å². The Morgan fingerprint density at radius 3 is 2.58 bits per heavy atom. The molecule has 0 aromatic heterocycles. The second-order valence-corrected chi connectivity index (χ2v) is 5.59. The third-order valence-corrected chi connectivity index (χ3v) is 3.60. The van der Waals surface area contributed by atoms with Crippen LogP contribution in [0.1, 0.15) is 11.1 Å². The van der Waals surface area contributed by atoms with Crippen molar-refractivity contribution in [3.8, 4) is 5.75 Å². The van der Waals surface area contributed by atoms with Crippen molar-refractivity contribution in [2.45, 2.75) is 6.54 Å². The van der Waals surface area contributed by atoms with Crippen molar-refractivity contribution in [2.75, 3.05) is 20.8 Å². The first-order chi connectivity index (χ1) is 12.5. The molecule has 0 saturated heterocycles. The lowest BCUT2D eigenvalue weighted by Crippen LogP contribution is -2.30. The van der Waals surface area contributed by atoms with E-state index < -0.39 is 5.97 Å². The van der Waals surface area contributed by atoms with Crippen LogP contribution >= 0.6 is 0 Å². The first-order valence-corrected chi connectivity index (χ1v) is 7.95. The maximum atomic E-state index is 12.9. The van der Waals surface area contributed by atoms with Gasteiger partial charge >= 0.3 is 5.97 Å². The third kappa shape index (κ3) is 6.05. The minimum absolute atomic E-state index is 0.302. The quantitative estimate of drug-likeness (QED) is 0.565. The molecule has 0 fully saturated rings.